The fourth-order valence-corrected chi connectivity index (χ4v) is 1.68. The Morgan fingerprint density at radius 1 is 1.27 bits per heavy atom. The molecular weight excluding hydrogens is 272 g/mol. The van der Waals surface area contributed by atoms with Crippen LogP contribution in [0.15, 0.2) is 36.4 Å². The van der Waals surface area contributed by atoms with Gasteiger partial charge in [-0.3, -0.25) is 9.69 Å². The highest BCUT2D eigenvalue weighted by Gasteiger charge is 2.08. The molecule has 0 spiro atoms. The Hall–Kier alpha value is -2.36. The van der Waals surface area contributed by atoms with E-state index >= 15 is 0 Å². The molecule has 1 rings (SSSR count). The number of allylic oxidation sites excluding steroid dienone is 1. The Bertz CT molecular complexity index is 631. The Balaban J connectivity index is 2.48. The molecule has 0 atom stereocenters. The van der Waals surface area contributed by atoms with Gasteiger partial charge in [-0.15, -0.1) is 0 Å². The minimum Gasteiger partial charge on any atom is -0.295 e. The van der Waals surface area contributed by atoms with Crippen LogP contribution in [0.3, 0.4) is 0 Å². The average Bonchev–Trinajstić information content (AvgIpc) is 2.45. The number of ketones is 1. The zero-order chi connectivity index (χ0) is 16.6. The maximum absolute atomic E-state index is 12.1. The summed E-state index contributed by atoms with van der Waals surface area (Å²) in [5, 5.41) is 8.74. The van der Waals surface area contributed by atoms with E-state index in [1.165, 1.54) is 0 Å². The third-order valence-electron chi connectivity index (χ3n) is 2.81. The molecule has 114 valence electrons. The first kappa shape index (κ1) is 17.7. The quantitative estimate of drug-likeness (QED) is 0.618. The summed E-state index contributed by atoms with van der Waals surface area (Å²) in [5.74, 6) is 6.17. The van der Waals surface area contributed by atoms with Crippen LogP contribution in [0.25, 0.3) is 0 Å². The SMILES string of the molecule is CN(C/C=C/C#CC(C)(C)C)CC(=O)c1ccc(C#N)cc1. The summed E-state index contributed by atoms with van der Waals surface area (Å²) >= 11 is 0. The first-order valence-corrected chi connectivity index (χ1v) is 7.21. The van der Waals surface area contributed by atoms with Crippen LogP contribution in [0.4, 0.5) is 0 Å². The summed E-state index contributed by atoms with van der Waals surface area (Å²) in [6.45, 7) is 7.20. The van der Waals surface area contributed by atoms with E-state index in [0.29, 0.717) is 24.2 Å². The maximum atomic E-state index is 12.1. The predicted molar refractivity (Wildman–Crippen MR) is 89.4 cm³/mol. The van der Waals surface area contributed by atoms with Gasteiger partial charge in [0.25, 0.3) is 0 Å². The minimum absolute atomic E-state index is 0.00178. The summed E-state index contributed by atoms with van der Waals surface area (Å²) in [6.07, 6.45) is 3.78. The number of benzene rings is 1. The molecule has 0 fully saturated rings. The topological polar surface area (TPSA) is 44.1 Å². The van der Waals surface area contributed by atoms with Crippen molar-refractivity contribution < 1.29 is 4.79 Å². The van der Waals surface area contributed by atoms with Crippen LogP contribution >= 0.6 is 0 Å². The number of carbonyl (C=O) groups excluding carboxylic acids is 1. The van der Waals surface area contributed by atoms with Crippen LogP contribution < -0.4 is 0 Å². The molecular formula is C19H22N2O. The van der Waals surface area contributed by atoms with Crippen molar-refractivity contribution in [3.05, 3.63) is 47.5 Å². The molecule has 0 N–H and O–H groups in total. The van der Waals surface area contributed by atoms with Gasteiger partial charge in [0.05, 0.1) is 18.2 Å². The molecule has 0 aliphatic heterocycles. The maximum Gasteiger partial charge on any atom is 0.176 e. The van der Waals surface area contributed by atoms with Crippen molar-refractivity contribution in [2.75, 3.05) is 20.1 Å². The lowest BCUT2D eigenvalue weighted by Crippen LogP contribution is -2.26. The van der Waals surface area contributed by atoms with Gasteiger partial charge in [0.1, 0.15) is 0 Å². The van der Waals surface area contributed by atoms with E-state index in [1.807, 2.05) is 30.2 Å². The van der Waals surface area contributed by atoms with Crippen molar-refractivity contribution >= 4 is 5.78 Å². The van der Waals surface area contributed by atoms with Gasteiger partial charge in [0.2, 0.25) is 0 Å². The summed E-state index contributed by atoms with van der Waals surface area (Å²) in [6, 6.07) is 8.75. The number of rotatable bonds is 5. The number of hydrogen-bond donors (Lipinski definition) is 0. The fraction of sp³-hybridized carbons (Fsp3) is 0.368. The highest BCUT2D eigenvalue weighted by Crippen LogP contribution is 2.09. The van der Waals surface area contributed by atoms with Gasteiger partial charge < -0.3 is 0 Å². The molecule has 3 heteroatoms. The molecule has 0 unspecified atom stereocenters. The molecule has 0 aromatic heterocycles. The Kier molecular flexibility index (Phi) is 6.57. The molecule has 0 heterocycles. The smallest absolute Gasteiger partial charge is 0.176 e. The van der Waals surface area contributed by atoms with Gasteiger partial charge in [-0.2, -0.15) is 5.26 Å². The summed E-state index contributed by atoms with van der Waals surface area (Å²) in [5.41, 5.74) is 1.19. The van der Waals surface area contributed by atoms with Gasteiger partial charge in [-0.05, 0) is 46.0 Å². The van der Waals surface area contributed by atoms with Crippen molar-refractivity contribution in [2.24, 2.45) is 5.41 Å². The van der Waals surface area contributed by atoms with Crippen LogP contribution in [0.2, 0.25) is 0 Å². The van der Waals surface area contributed by atoms with Crippen molar-refractivity contribution in [3.63, 3.8) is 0 Å². The van der Waals surface area contributed by atoms with Crippen molar-refractivity contribution in [2.45, 2.75) is 20.8 Å². The van der Waals surface area contributed by atoms with E-state index < -0.39 is 0 Å². The normalized spacial score (nSPS) is 11.1. The zero-order valence-corrected chi connectivity index (χ0v) is 13.7. The summed E-state index contributed by atoms with van der Waals surface area (Å²) in [7, 11) is 1.89. The van der Waals surface area contributed by atoms with E-state index in [1.54, 1.807) is 24.3 Å². The van der Waals surface area contributed by atoms with Crippen LogP contribution in [0, 0.1) is 28.6 Å². The third-order valence-corrected chi connectivity index (χ3v) is 2.81. The lowest BCUT2D eigenvalue weighted by molar-refractivity contribution is 0.0952. The minimum atomic E-state index is 0.00178. The molecule has 1 aromatic rings. The summed E-state index contributed by atoms with van der Waals surface area (Å²) < 4.78 is 0. The number of carbonyl (C=O) groups is 1. The second-order valence-corrected chi connectivity index (χ2v) is 6.23. The monoisotopic (exact) mass is 294 g/mol. The highest BCUT2D eigenvalue weighted by atomic mass is 16.1. The van der Waals surface area contributed by atoms with E-state index in [2.05, 4.69) is 32.6 Å². The number of Topliss-reactive ketones (excluding diaryl/α,β-unsaturated/α-hetero) is 1. The zero-order valence-electron chi connectivity index (χ0n) is 13.7. The highest BCUT2D eigenvalue weighted by molar-refractivity contribution is 5.97. The summed E-state index contributed by atoms with van der Waals surface area (Å²) in [4.78, 5) is 14.0. The molecule has 0 aliphatic rings. The molecule has 22 heavy (non-hydrogen) atoms. The van der Waals surface area contributed by atoms with Gasteiger partial charge in [0.15, 0.2) is 5.78 Å². The number of nitriles is 1. The predicted octanol–water partition coefficient (Wildman–Crippen LogP) is 3.28. The van der Waals surface area contributed by atoms with E-state index in [-0.39, 0.29) is 11.2 Å². The lowest BCUT2D eigenvalue weighted by atomic mass is 9.98. The fourth-order valence-electron chi connectivity index (χ4n) is 1.68. The van der Waals surface area contributed by atoms with Gasteiger partial charge in [-0.25, -0.2) is 0 Å². The van der Waals surface area contributed by atoms with Crippen molar-refractivity contribution in [3.8, 4) is 17.9 Å². The second kappa shape index (κ2) is 8.17. The first-order valence-electron chi connectivity index (χ1n) is 7.21. The molecule has 0 amide bonds. The molecule has 1 aromatic carbocycles. The molecule has 0 bridgehead atoms. The van der Waals surface area contributed by atoms with E-state index in [4.69, 9.17) is 5.26 Å². The molecule has 3 nitrogen and oxygen atoms in total. The Morgan fingerprint density at radius 3 is 2.45 bits per heavy atom. The van der Waals surface area contributed by atoms with E-state index in [9.17, 15) is 4.79 Å². The number of likely N-dealkylation sites (N-methyl/N-ethyl adjacent to an activating group) is 1. The molecule has 0 saturated heterocycles. The van der Waals surface area contributed by atoms with Gasteiger partial charge in [0, 0.05) is 17.5 Å². The molecule has 0 radical (unpaired) electrons. The van der Waals surface area contributed by atoms with E-state index in [0.717, 1.165) is 0 Å². The number of hydrogen-bond acceptors (Lipinski definition) is 3. The van der Waals surface area contributed by atoms with Gasteiger partial charge in [-0.1, -0.05) is 30.0 Å². The van der Waals surface area contributed by atoms with Crippen LogP contribution in [-0.2, 0) is 0 Å². The van der Waals surface area contributed by atoms with Crippen LogP contribution in [0.1, 0.15) is 36.7 Å². The van der Waals surface area contributed by atoms with Gasteiger partial charge >= 0.3 is 0 Å². The van der Waals surface area contributed by atoms with Crippen molar-refractivity contribution in [1.29, 1.82) is 5.26 Å². The van der Waals surface area contributed by atoms with Crippen LogP contribution in [-0.4, -0.2) is 30.8 Å². The largest absolute Gasteiger partial charge is 0.295 e. The number of nitrogens with zero attached hydrogens (tertiary/aromatic N) is 2. The lowest BCUT2D eigenvalue weighted by Gasteiger charge is -2.13. The average molecular weight is 294 g/mol. The standard InChI is InChI=1S/C19H22N2O/c1-19(2,3)12-6-5-7-13-21(4)15-18(22)17-10-8-16(14-20)9-11-17/h5,7-11H,13,15H2,1-4H3/b7-5+. The van der Waals surface area contributed by atoms with Crippen molar-refractivity contribution in [1.82, 2.24) is 4.90 Å². The third kappa shape index (κ3) is 6.88. The van der Waals surface area contributed by atoms with Crippen LogP contribution in [0.5, 0.6) is 0 Å². The molecule has 0 aliphatic carbocycles. The second-order valence-electron chi connectivity index (χ2n) is 6.23. The Labute approximate surface area is 133 Å². The first-order chi connectivity index (χ1) is 10.3. The Morgan fingerprint density at radius 2 is 1.91 bits per heavy atom. The molecule has 0 saturated carbocycles.